The number of amides is 2. The van der Waals surface area contributed by atoms with Gasteiger partial charge in [0, 0.05) is 30.2 Å². The lowest BCUT2D eigenvalue weighted by Gasteiger charge is -2.29. The molecule has 1 N–H and O–H groups in total. The summed E-state index contributed by atoms with van der Waals surface area (Å²) in [5, 5.41) is 2.93. The number of ether oxygens (including phenoxy) is 1. The first-order valence-electron chi connectivity index (χ1n) is 11.9. The summed E-state index contributed by atoms with van der Waals surface area (Å²) >= 11 is 0. The standard InChI is InChI=1S/C28H32N4O3/c1-30(21-27(33)29-24-12-14-25(15-13-24)31-16-18-35-19-17-31)22-28(34)32(26-10-6-3-7-11-26)20-23-8-4-2-5-9-23/h2-15H,16-22H2,1H3,(H,29,33). The second-order valence-electron chi connectivity index (χ2n) is 8.67. The number of nitrogens with zero attached hydrogens (tertiary/aromatic N) is 3. The van der Waals surface area contributed by atoms with Gasteiger partial charge in [0.15, 0.2) is 0 Å². The molecule has 7 nitrogen and oxygen atoms in total. The van der Waals surface area contributed by atoms with Crippen LogP contribution in [0.1, 0.15) is 5.56 Å². The normalized spacial score (nSPS) is 13.5. The van der Waals surface area contributed by atoms with Crippen LogP contribution in [0.15, 0.2) is 84.9 Å². The minimum absolute atomic E-state index is 0.0646. The third-order valence-corrected chi connectivity index (χ3v) is 5.90. The zero-order valence-corrected chi connectivity index (χ0v) is 20.1. The van der Waals surface area contributed by atoms with Crippen molar-refractivity contribution in [2.45, 2.75) is 6.54 Å². The van der Waals surface area contributed by atoms with Gasteiger partial charge in [0.2, 0.25) is 11.8 Å². The van der Waals surface area contributed by atoms with Crippen LogP contribution < -0.4 is 15.1 Å². The number of para-hydroxylation sites is 1. The lowest BCUT2D eigenvalue weighted by Crippen LogP contribution is -2.41. The molecule has 0 unspecified atom stereocenters. The van der Waals surface area contributed by atoms with Crippen molar-refractivity contribution in [2.75, 3.05) is 61.6 Å². The van der Waals surface area contributed by atoms with E-state index in [9.17, 15) is 9.59 Å². The molecule has 0 bridgehead atoms. The first kappa shape index (κ1) is 24.4. The maximum absolute atomic E-state index is 13.2. The molecule has 0 saturated carbocycles. The van der Waals surface area contributed by atoms with E-state index < -0.39 is 0 Å². The molecule has 7 heteroatoms. The summed E-state index contributed by atoms with van der Waals surface area (Å²) in [4.78, 5) is 31.6. The quantitative estimate of drug-likeness (QED) is 0.515. The van der Waals surface area contributed by atoms with Crippen molar-refractivity contribution in [2.24, 2.45) is 0 Å². The Morgan fingerprint density at radius 1 is 0.857 bits per heavy atom. The SMILES string of the molecule is CN(CC(=O)Nc1ccc(N2CCOCC2)cc1)CC(=O)N(Cc1ccccc1)c1ccccc1. The predicted octanol–water partition coefficient (Wildman–Crippen LogP) is 3.63. The van der Waals surface area contributed by atoms with Gasteiger partial charge in [-0.1, -0.05) is 48.5 Å². The molecule has 0 atom stereocenters. The van der Waals surface area contributed by atoms with Gasteiger partial charge in [-0.15, -0.1) is 0 Å². The fourth-order valence-corrected chi connectivity index (χ4v) is 4.09. The van der Waals surface area contributed by atoms with E-state index >= 15 is 0 Å². The topological polar surface area (TPSA) is 65.1 Å². The Kier molecular flexibility index (Phi) is 8.48. The fourth-order valence-electron chi connectivity index (χ4n) is 4.09. The van der Waals surface area contributed by atoms with Crippen LogP contribution in [0.2, 0.25) is 0 Å². The molecular formula is C28H32N4O3. The minimum Gasteiger partial charge on any atom is -0.378 e. The van der Waals surface area contributed by atoms with Gasteiger partial charge < -0.3 is 19.9 Å². The molecule has 182 valence electrons. The number of benzene rings is 3. The molecule has 35 heavy (non-hydrogen) atoms. The molecule has 1 heterocycles. The molecule has 1 saturated heterocycles. The summed E-state index contributed by atoms with van der Waals surface area (Å²) in [6.07, 6.45) is 0. The number of anilines is 3. The highest BCUT2D eigenvalue weighted by atomic mass is 16.5. The van der Waals surface area contributed by atoms with Crippen LogP contribution >= 0.6 is 0 Å². The van der Waals surface area contributed by atoms with Crippen molar-refractivity contribution in [3.05, 3.63) is 90.5 Å². The molecule has 3 aromatic rings. The van der Waals surface area contributed by atoms with Gasteiger partial charge in [0.05, 0.1) is 32.8 Å². The molecule has 2 amide bonds. The van der Waals surface area contributed by atoms with E-state index in [1.54, 1.807) is 16.8 Å². The number of rotatable bonds is 9. The van der Waals surface area contributed by atoms with Crippen molar-refractivity contribution >= 4 is 28.9 Å². The molecule has 1 fully saturated rings. The third kappa shape index (κ3) is 7.15. The largest absolute Gasteiger partial charge is 0.378 e. The van der Waals surface area contributed by atoms with E-state index in [-0.39, 0.29) is 24.9 Å². The van der Waals surface area contributed by atoms with Crippen LogP contribution in [0.5, 0.6) is 0 Å². The van der Waals surface area contributed by atoms with Gasteiger partial charge in [-0.05, 0) is 49.0 Å². The highest BCUT2D eigenvalue weighted by molar-refractivity contribution is 5.96. The highest BCUT2D eigenvalue weighted by Crippen LogP contribution is 2.20. The maximum atomic E-state index is 13.2. The van der Waals surface area contributed by atoms with Gasteiger partial charge >= 0.3 is 0 Å². The summed E-state index contributed by atoms with van der Waals surface area (Å²) in [7, 11) is 1.78. The number of hydrogen-bond donors (Lipinski definition) is 1. The molecule has 3 aromatic carbocycles. The first-order valence-corrected chi connectivity index (χ1v) is 11.9. The average molecular weight is 473 g/mol. The van der Waals surface area contributed by atoms with Gasteiger partial charge in [0.25, 0.3) is 0 Å². The lowest BCUT2D eigenvalue weighted by molar-refractivity contribution is -0.121. The van der Waals surface area contributed by atoms with Crippen LogP contribution in [0, 0.1) is 0 Å². The van der Waals surface area contributed by atoms with Crippen molar-refractivity contribution in [1.29, 1.82) is 0 Å². The summed E-state index contributed by atoms with van der Waals surface area (Å²) in [6, 6.07) is 27.3. The molecule has 1 aliphatic heterocycles. The van der Waals surface area contributed by atoms with E-state index in [1.807, 2.05) is 84.9 Å². The molecule has 0 aliphatic carbocycles. The van der Waals surface area contributed by atoms with Gasteiger partial charge in [0.1, 0.15) is 0 Å². The Labute approximate surface area is 206 Å². The van der Waals surface area contributed by atoms with Crippen LogP contribution in [-0.2, 0) is 20.9 Å². The van der Waals surface area contributed by atoms with Gasteiger partial charge in [-0.3, -0.25) is 14.5 Å². The van der Waals surface area contributed by atoms with E-state index in [0.717, 1.165) is 48.9 Å². The maximum Gasteiger partial charge on any atom is 0.241 e. The monoisotopic (exact) mass is 472 g/mol. The smallest absolute Gasteiger partial charge is 0.241 e. The molecule has 4 rings (SSSR count). The van der Waals surface area contributed by atoms with Crippen molar-refractivity contribution in [1.82, 2.24) is 4.90 Å². The number of morpholine rings is 1. The molecule has 0 spiro atoms. The van der Waals surface area contributed by atoms with E-state index in [0.29, 0.717) is 6.54 Å². The average Bonchev–Trinajstić information content (AvgIpc) is 2.89. The Morgan fingerprint density at radius 3 is 2.14 bits per heavy atom. The molecule has 0 aromatic heterocycles. The zero-order valence-electron chi connectivity index (χ0n) is 20.1. The van der Waals surface area contributed by atoms with Crippen LogP contribution in [0.3, 0.4) is 0 Å². The minimum atomic E-state index is -0.159. The summed E-state index contributed by atoms with van der Waals surface area (Å²) < 4.78 is 5.40. The van der Waals surface area contributed by atoms with Crippen molar-refractivity contribution in [3.63, 3.8) is 0 Å². The number of carbonyl (C=O) groups is 2. The van der Waals surface area contributed by atoms with Crippen LogP contribution in [-0.4, -0.2) is 63.2 Å². The molecule has 1 aliphatic rings. The van der Waals surface area contributed by atoms with E-state index in [2.05, 4.69) is 10.2 Å². The highest BCUT2D eigenvalue weighted by Gasteiger charge is 2.19. The Morgan fingerprint density at radius 2 is 1.49 bits per heavy atom. The molecular weight excluding hydrogens is 440 g/mol. The number of likely N-dealkylation sites (N-methyl/N-ethyl adjacent to an activating group) is 1. The number of carbonyl (C=O) groups excluding carboxylic acids is 2. The zero-order chi connectivity index (χ0) is 24.5. The summed E-state index contributed by atoms with van der Waals surface area (Å²) in [5.74, 6) is -0.223. The Balaban J connectivity index is 1.32. The second kappa shape index (κ2) is 12.1. The van der Waals surface area contributed by atoms with Crippen molar-refractivity contribution < 1.29 is 14.3 Å². The van der Waals surface area contributed by atoms with Crippen LogP contribution in [0.4, 0.5) is 17.1 Å². The second-order valence-corrected chi connectivity index (χ2v) is 8.67. The Bertz CT molecular complexity index is 1080. The van der Waals surface area contributed by atoms with Gasteiger partial charge in [-0.25, -0.2) is 0 Å². The Hall–Kier alpha value is -3.68. The van der Waals surface area contributed by atoms with Crippen molar-refractivity contribution in [3.8, 4) is 0 Å². The third-order valence-electron chi connectivity index (χ3n) is 5.90. The lowest BCUT2D eigenvalue weighted by atomic mass is 10.2. The summed E-state index contributed by atoms with van der Waals surface area (Å²) in [5.41, 5.74) is 3.74. The first-order chi connectivity index (χ1) is 17.1. The van der Waals surface area contributed by atoms with E-state index in [4.69, 9.17) is 4.74 Å². The van der Waals surface area contributed by atoms with E-state index in [1.165, 1.54) is 0 Å². The summed E-state index contributed by atoms with van der Waals surface area (Å²) in [6.45, 7) is 3.92. The number of nitrogens with one attached hydrogen (secondary N) is 1. The predicted molar refractivity (Wildman–Crippen MR) is 140 cm³/mol. The number of hydrogen-bond acceptors (Lipinski definition) is 5. The van der Waals surface area contributed by atoms with Gasteiger partial charge in [-0.2, -0.15) is 0 Å². The fraction of sp³-hybridized carbons (Fsp3) is 0.286. The molecule has 0 radical (unpaired) electrons. The van der Waals surface area contributed by atoms with Crippen LogP contribution in [0.25, 0.3) is 0 Å².